The molecule has 0 aromatic heterocycles. The lowest BCUT2D eigenvalue weighted by Crippen LogP contribution is -2.22. The predicted octanol–water partition coefficient (Wildman–Crippen LogP) is 4.89. The Hall–Kier alpha value is -2.08. The highest BCUT2D eigenvalue weighted by molar-refractivity contribution is 5.74. The molecule has 174 valence electrons. The minimum Gasteiger partial charge on any atom is -0.490 e. The second-order valence-electron chi connectivity index (χ2n) is 8.52. The van der Waals surface area contributed by atoms with Crippen molar-refractivity contribution in [3.8, 4) is 11.5 Å². The van der Waals surface area contributed by atoms with Gasteiger partial charge in [-0.25, -0.2) is 0 Å². The van der Waals surface area contributed by atoms with Crippen molar-refractivity contribution in [2.45, 2.75) is 98.0 Å². The quantitative estimate of drug-likeness (QED) is 0.287. The number of fused-ring (bicyclic) bond motifs is 1. The fraction of sp³-hybridized carbons (Fsp3) is 0.680. The van der Waals surface area contributed by atoms with Crippen molar-refractivity contribution < 1.29 is 28.9 Å². The number of hydrogen-bond acceptors (Lipinski definition) is 6. The molecule has 0 aliphatic carbocycles. The number of benzene rings is 1. The van der Waals surface area contributed by atoms with E-state index in [1.54, 1.807) is 0 Å². The molecule has 1 aromatic carbocycles. The van der Waals surface area contributed by atoms with Gasteiger partial charge in [0, 0.05) is 18.4 Å². The molecule has 1 aliphatic heterocycles. The number of carbonyl (C=O) groups excluding carboxylic acids is 2. The smallest absolute Gasteiger partial charge is 0.311 e. The summed E-state index contributed by atoms with van der Waals surface area (Å²) >= 11 is 0. The summed E-state index contributed by atoms with van der Waals surface area (Å²) in [7, 11) is 0. The van der Waals surface area contributed by atoms with Gasteiger partial charge in [-0.3, -0.25) is 9.59 Å². The van der Waals surface area contributed by atoms with E-state index in [1.807, 2.05) is 20.8 Å². The van der Waals surface area contributed by atoms with Crippen LogP contribution in [0.4, 0.5) is 0 Å². The summed E-state index contributed by atoms with van der Waals surface area (Å²) in [4.78, 5) is 23.8. The van der Waals surface area contributed by atoms with E-state index in [1.165, 1.54) is 5.56 Å². The van der Waals surface area contributed by atoms with E-state index >= 15 is 0 Å². The van der Waals surface area contributed by atoms with Crippen molar-refractivity contribution in [1.29, 1.82) is 0 Å². The molecule has 2 rings (SSSR count). The fourth-order valence-electron chi connectivity index (χ4n) is 4.02. The molecule has 31 heavy (non-hydrogen) atoms. The van der Waals surface area contributed by atoms with E-state index in [2.05, 4.69) is 6.92 Å². The summed E-state index contributed by atoms with van der Waals surface area (Å²) in [5.41, 5.74) is 4.24. The summed E-state index contributed by atoms with van der Waals surface area (Å²) in [6.45, 7) is 8.09. The molecular weight excluding hydrogens is 396 g/mol. The Morgan fingerprint density at radius 2 is 1.55 bits per heavy atom. The van der Waals surface area contributed by atoms with Gasteiger partial charge in [-0.1, -0.05) is 25.7 Å². The first-order chi connectivity index (χ1) is 14.8. The second-order valence-corrected chi connectivity index (χ2v) is 8.52. The molecule has 1 atom stereocenters. The number of rotatable bonds is 12. The van der Waals surface area contributed by atoms with Crippen molar-refractivity contribution in [3.63, 3.8) is 0 Å². The van der Waals surface area contributed by atoms with Crippen LogP contribution in [-0.4, -0.2) is 36.4 Å². The zero-order valence-electron chi connectivity index (χ0n) is 19.6. The minimum atomic E-state index is -0.249. The summed E-state index contributed by atoms with van der Waals surface area (Å²) in [6.07, 6.45) is 8.56. The van der Waals surface area contributed by atoms with Crippen LogP contribution < -0.4 is 9.47 Å². The Balaban J connectivity index is 1.70. The van der Waals surface area contributed by atoms with Crippen LogP contribution in [0.3, 0.4) is 0 Å². The number of carbonyl (C=O) groups is 2. The van der Waals surface area contributed by atoms with Crippen LogP contribution in [0.15, 0.2) is 0 Å². The molecule has 0 radical (unpaired) electrons. The minimum absolute atomic E-state index is 0.0754. The van der Waals surface area contributed by atoms with Crippen LogP contribution >= 0.6 is 0 Å². The lowest BCUT2D eigenvalue weighted by molar-refractivity contribution is -0.144. The molecule has 6 nitrogen and oxygen atoms in total. The summed E-state index contributed by atoms with van der Waals surface area (Å²) in [5, 5.41) is 8.61. The van der Waals surface area contributed by atoms with E-state index < -0.39 is 0 Å². The molecule has 6 heteroatoms. The zero-order valence-corrected chi connectivity index (χ0v) is 19.6. The van der Waals surface area contributed by atoms with Crippen LogP contribution in [0, 0.1) is 20.8 Å². The van der Waals surface area contributed by atoms with Crippen molar-refractivity contribution in [3.05, 3.63) is 22.3 Å². The predicted molar refractivity (Wildman–Crippen MR) is 120 cm³/mol. The normalized spacial score (nSPS) is 15.2. The highest BCUT2D eigenvalue weighted by Gasteiger charge is 2.25. The van der Waals surface area contributed by atoms with Crippen LogP contribution in [0.5, 0.6) is 11.5 Å². The van der Waals surface area contributed by atoms with E-state index in [0.717, 1.165) is 73.8 Å². The number of ether oxygens (including phenoxy) is 3. The molecule has 0 saturated heterocycles. The van der Waals surface area contributed by atoms with Crippen molar-refractivity contribution in [2.75, 3.05) is 13.2 Å². The molecule has 0 bridgehead atoms. The van der Waals surface area contributed by atoms with E-state index in [4.69, 9.17) is 19.3 Å². The first kappa shape index (κ1) is 25.2. The second kappa shape index (κ2) is 12.7. The molecule has 1 heterocycles. The van der Waals surface area contributed by atoms with Gasteiger partial charge in [-0.2, -0.15) is 0 Å². The standard InChI is InChI=1S/C25H38O6/c1-17-13-14-21-20(4)24(18(2)19(3)25(21)30-17)31-23(28)12-10-8-6-5-7-9-11-22(27)29-16-15-26/h17,26H,5-16H2,1-4H3. The maximum absolute atomic E-state index is 12.4. The van der Waals surface area contributed by atoms with E-state index in [9.17, 15) is 9.59 Å². The van der Waals surface area contributed by atoms with Crippen LogP contribution in [0.1, 0.15) is 87.0 Å². The van der Waals surface area contributed by atoms with E-state index in [-0.39, 0.29) is 31.3 Å². The fourth-order valence-corrected chi connectivity index (χ4v) is 4.02. The molecule has 1 N–H and O–H groups in total. The Morgan fingerprint density at radius 1 is 0.935 bits per heavy atom. The van der Waals surface area contributed by atoms with E-state index in [0.29, 0.717) is 18.6 Å². The third-order valence-corrected chi connectivity index (χ3v) is 6.01. The van der Waals surface area contributed by atoms with Gasteiger partial charge in [0.2, 0.25) is 0 Å². The van der Waals surface area contributed by atoms with Gasteiger partial charge in [-0.05, 0) is 70.1 Å². The number of aliphatic hydroxyl groups is 1. The Morgan fingerprint density at radius 3 is 2.19 bits per heavy atom. The highest BCUT2D eigenvalue weighted by Crippen LogP contribution is 2.41. The third-order valence-electron chi connectivity index (χ3n) is 6.01. The molecule has 0 spiro atoms. The van der Waals surface area contributed by atoms with Crippen LogP contribution in [-0.2, 0) is 20.7 Å². The van der Waals surface area contributed by atoms with Gasteiger partial charge in [0.15, 0.2) is 0 Å². The number of unbranched alkanes of at least 4 members (excludes halogenated alkanes) is 5. The summed E-state index contributed by atoms with van der Waals surface area (Å²) in [6, 6.07) is 0. The number of aliphatic hydroxyl groups excluding tert-OH is 1. The Bertz CT molecular complexity index is 755. The molecule has 0 fully saturated rings. The van der Waals surface area contributed by atoms with Gasteiger partial charge < -0.3 is 19.3 Å². The molecule has 0 amide bonds. The first-order valence-corrected chi connectivity index (χ1v) is 11.6. The van der Waals surface area contributed by atoms with Crippen molar-refractivity contribution in [1.82, 2.24) is 0 Å². The summed E-state index contributed by atoms with van der Waals surface area (Å²) in [5.74, 6) is 1.24. The topological polar surface area (TPSA) is 82.1 Å². The molecule has 1 aliphatic rings. The molecule has 1 aromatic rings. The number of esters is 2. The Kier molecular flexibility index (Phi) is 10.3. The maximum Gasteiger partial charge on any atom is 0.311 e. The maximum atomic E-state index is 12.4. The lowest BCUT2D eigenvalue weighted by atomic mass is 9.92. The lowest BCUT2D eigenvalue weighted by Gasteiger charge is -2.28. The van der Waals surface area contributed by atoms with Gasteiger partial charge in [-0.15, -0.1) is 0 Å². The van der Waals surface area contributed by atoms with Gasteiger partial charge in [0.05, 0.1) is 12.7 Å². The van der Waals surface area contributed by atoms with Gasteiger partial charge >= 0.3 is 11.9 Å². The largest absolute Gasteiger partial charge is 0.490 e. The monoisotopic (exact) mass is 434 g/mol. The van der Waals surface area contributed by atoms with Crippen molar-refractivity contribution >= 4 is 11.9 Å². The van der Waals surface area contributed by atoms with Crippen LogP contribution in [0.25, 0.3) is 0 Å². The zero-order chi connectivity index (χ0) is 22.8. The average Bonchev–Trinajstić information content (AvgIpc) is 2.75. The van der Waals surface area contributed by atoms with Gasteiger partial charge in [0.25, 0.3) is 0 Å². The SMILES string of the molecule is Cc1c(C)c2c(c(C)c1OC(=O)CCCCCCCCC(=O)OCCO)CCC(C)O2. The van der Waals surface area contributed by atoms with Crippen molar-refractivity contribution in [2.24, 2.45) is 0 Å². The third kappa shape index (κ3) is 7.53. The average molecular weight is 435 g/mol. The first-order valence-electron chi connectivity index (χ1n) is 11.6. The molecule has 0 saturated carbocycles. The van der Waals surface area contributed by atoms with Crippen LogP contribution in [0.2, 0.25) is 0 Å². The number of hydrogen-bond donors (Lipinski definition) is 1. The Labute approximate surface area is 186 Å². The molecule has 1 unspecified atom stereocenters. The summed E-state index contributed by atoms with van der Waals surface area (Å²) < 4.78 is 16.7. The van der Waals surface area contributed by atoms with Gasteiger partial charge in [0.1, 0.15) is 18.1 Å². The molecular formula is C25H38O6. The highest BCUT2D eigenvalue weighted by atomic mass is 16.5.